The van der Waals surface area contributed by atoms with E-state index in [4.69, 9.17) is 9.15 Å². The van der Waals surface area contributed by atoms with Crippen molar-refractivity contribution in [2.24, 2.45) is 0 Å². The van der Waals surface area contributed by atoms with Gasteiger partial charge in [0.15, 0.2) is 11.5 Å². The first-order chi connectivity index (χ1) is 14.1. The molecule has 1 unspecified atom stereocenters. The van der Waals surface area contributed by atoms with Gasteiger partial charge in [0.05, 0.1) is 25.0 Å². The Morgan fingerprint density at radius 2 is 1.90 bits per heavy atom. The highest BCUT2D eigenvalue weighted by atomic mass is 16.5. The number of nitrogens with zero attached hydrogens (tertiary/aromatic N) is 1. The second kappa shape index (κ2) is 7.67. The lowest BCUT2D eigenvalue weighted by Crippen LogP contribution is -2.30. The standard InChI is InChI=1S/C23H19NO5/c1-28-17-10-5-9-16(13-17)20-19(21(25)18-11-6-12-29-18)22(26)23(27)24(20)14-15-7-3-2-4-8-15/h2-13,20,26H,14H2,1H3. The van der Waals surface area contributed by atoms with Crippen molar-refractivity contribution < 1.29 is 23.8 Å². The Bertz CT molecular complexity index is 1070. The largest absolute Gasteiger partial charge is 0.503 e. The highest BCUT2D eigenvalue weighted by Gasteiger charge is 2.44. The van der Waals surface area contributed by atoms with Crippen molar-refractivity contribution in [2.45, 2.75) is 12.6 Å². The number of ketones is 1. The molecule has 1 aliphatic heterocycles. The molecule has 2 aromatic carbocycles. The number of amides is 1. The monoisotopic (exact) mass is 389 g/mol. The first-order valence-corrected chi connectivity index (χ1v) is 9.10. The first kappa shape index (κ1) is 18.6. The molecule has 0 fully saturated rings. The molecule has 0 saturated carbocycles. The maximum Gasteiger partial charge on any atom is 0.290 e. The van der Waals surface area contributed by atoms with E-state index in [1.54, 1.807) is 37.4 Å². The quantitative estimate of drug-likeness (QED) is 0.643. The Kier molecular flexibility index (Phi) is 4.91. The van der Waals surface area contributed by atoms with Crippen molar-refractivity contribution in [1.82, 2.24) is 4.90 Å². The van der Waals surface area contributed by atoms with E-state index >= 15 is 0 Å². The molecule has 0 radical (unpaired) electrons. The highest BCUT2D eigenvalue weighted by molar-refractivity contribution is 6.15. The molecule has 4 rings (SSSR count). The van der Waals surface area contributed by atoms with Crippen LogP contribution in [0.5, 0.6) is 5.75 Å². The van der Waals surface area contributed by atoms with Crippen LogP contribution < -0.4 is 4.74 Å². The predicted octanol–water partition coefficient (Wildman–Crippen LogP) is 4.07. The summed E-state index contributed by atoms with van der Waals surface area (Å²) in [6.07, 6.45) is 1.38. The van der Waals surface area contributed by atoms with E-state index in [1.807, 2.05) is 30.3 Å². The molecule has 0 bridgehead atoms. The first-order valence-electron chi connectivity index (χ1n) is 9.10. The fourth-order valence-electron chi connectivity index (χ4n) is 3.53. The summed E-state index contributed by atoms with van der Waals surface area (Å²) in [6.45, 7) is 0.237. The van der Waals surface area contributed by atoms with Crippen LogP contribution in [0.1, 0.15) is 27.7 Å². The van der Waals surface area contributed by atoms with Crippen molar-refractivity contribution in [3.8, 4) is 5.75 Å². The summed E-state index contributed by atoms with van der Waals surface area (Å²) in [4.78, 5) is 27.5. The molecule has 3 aromatic rings. The minimum absolute atomic E-state index is 0.00543. The second-order valence-corrected chi connectivity index (χ2v) is 6.67. The Morgan fingerprint density at radius 1 is 1.10 bits per heavy atom. The van der Waals surface area contributed by atoms with E-state index in [9.17, 15) is 14.7 Å². The molecular weight excluding hydrogens is 370 g/mol. The lowest BCUT2D eigenvalue weighted by molar-refractivity contribution is -0.130. The average Bonchev–Trinajstić information content (AvgIpc) is 3.37. The lowest BCUT2D eigenvalue weighted by Gasteiger charge is -2.27. The maximum atomic E-state index is 13.1. The predicted molar refractivity (Wildman–Crippen MR) is 105 cm³/mol. The zero-order chi connectivity index (χ0) is 20.4. The zero-order valence-corrected chi connectivity index (χ0v) is 15.7. The molecule has 29 heavy (non-hydrogen) atoms. The van der Waals surface area contributed by atoms with Gasteiger partial charge in [0.25, 0.3) is 5.91 Å². The summed E-state index contributed by atoms with van der Waals surface area (Å²) in [6, 6.07) is 18.8. The molecular formula is C23H19NO5. The van der Waals surface area contributed by atoms with Gasteiger partial charge in [-0.05, 0) is 35.4 Å². The molecule has 0 aliphatic carbocycles. The van der Waals surface area contributed by atoms with Crippen LogP contribution in [0, 0.1) is 0 Å². The van der Waals surface area contributed by atoms with Gasteiger partial charge in [-0.2, -0.15) is 0 Å². The Balaban J connectivity index is 1.81. The van der Waals surface area contributed by atoms with E-state index in [-0.39, 0.29) is 17.9 Å². The molecule has 1 amide bonds. The number of Topliss-reactive ketones (excluding diaryl/α,β-unsaturated/α-hetero) is 1. The molecule has 2 heterocycles. The van der Waals surface area contributed by atoms with Gasteiger partial charge in [-0.15, -0.1) is 0 Å². The minimum Gasteiger partial charge on any atom is -0.503 e. The van der Waals surface area contributed by atoms with Gasteiger partial charge < -0.3 is 19.2 Å². The van der Waals surface area contributed by atoms with Crippen LogP contribution in [0.15, 0.2) is 88.7 Å². The molecule has 0 saturated heterocycles. The summed E-state index contributed by atoms with van der Waals surface area (Å²) >= 11 is 0. The second-order valence-electron chi connectivity index (χ2n) is 6.67. The third-order valence-electron chi connectivity index (χ3n) is 4.90. The molecule has 6 heteroatoms. The molecule has 1 N–H and O–H groups in total. The Labute approximate surface area is 167 Å². The van der Waals surface area contributed by atoms with E-state index < -0.39 is 23.5 Å². The number of methoxy groups -OCH3 is 1. The molecule has 146 valence electrons. The Hall–Kier alpha value is -3.80. The summed E-state index contributed by atoms with van der Waals surface area (Å²) in [5, 5.41) is 10.6. The van der Waals surface area contributed by atoms with E-state index in [1.165, 1.54) is 17.2 Å². The number of benzene rings is 2. The van der Waals surface area contributed by atoms with Crippen molar-refractivity contribution in [3.63, 3.8) is 0 Å². The smallest absolute Gasteiger partial charge is 0.290 e. The highest BCUT2D eigenvalue weighted by Crippen LogP contribution is 2.40. The van der Waals surface area contributed by atoms with Gasteiger partial charge in [-0.3, -0.25) is 9.59 Å². The average molecular weight is 389 g/mol. The lowest BCUT2D eigenvalue weighted by atomic mass is 9.94. The minimum atomic E-state index is -0.768. The van der Waals surface area contributed by atoms with E-state index in [0.29, 0.717) is 11.3 Å². The van der Waals surface area contributed by atoms with Gasteiger partial charge in [0.2, 0.25) is 5.78 Å². The number of carbonyl (C=O) groups excluding carboxylic acids is 2. The maximum absolute atomic E-state index is 13.1. The molecule has 1 atom stereocenters. The molecule has 1 aliphatic rings. The third-order valence-corrected chi connectivity index (χ3v) is 4.90. The number of carbonyl (C=O) groups is 2. The molecule has 1 aromatic heterocycles. The number of ether oxygens (including phenoxy) is 1. The summed E-state index contributed by atoms with van der Waals surface area (Å²) in [7, 11) is 1.54. The van der Waals surface area contributed by atoms with Crippen molar-refractivity contribution >= 4 is 11.7 Å². The van der Waals surface area contributed by atoms with Gasteiger partial charge in [0, 0.05) is 6.54 Å². The van der Waals surface area contributed by atoms with Gasteiger partial charge in [-0.1, -0.05) is 42.5 Å². The van der Waals surface area contributed by atoms with Crippen LogP contribution in [-0.4, -0.2) is 28.8 Å². The molecule has 6 nitrogen and oxygen atoms in total. The van der Waals surface area contributed by atoms with Crippen LogP contribution in [0.4, 0.5) is 0 Å². The van der Waals surface area contributed by atoms with Crippen LogP contribution >= 0.6 is 0 Å². The van der Waals surface area contributed by atoms with Crippen molar-refractivity contribution in [2.75, 3.05) is 7.11 Å². The number of furan rings is 1. The number of hydrogen-bond acceptors (Lipinski definition) is 5. The van der Waals surface area contributed by atoms with Crippen LogP contribution in [0.3, 0.4) is 0 Å². The fraction of sp³-hybridized carbons (Fsp3) is 0.130. The summed E-state index contributed by atoms with van der Waals surface area (Å²) in [5.41, 5.74) is 1.54. The fourth-order valence-corrected chi connectivity index (χ4v) is 3.53. The van der Waals surface area contributed by atoms with Gasteiger partial charge in [-0.25, -0.2) is 0 Å². The number of aliphatic hydroxyl groups excluding tert-OH is 1. The summed E-state index contributed by atoms with van der Waals surface area (Å²) in [5.74, 6) is -1.03. The Morgan fingerprint density at radius 3 is 2.59 bits per heavy atom. The molecule has 0 spiro atoms. The summed E-state index contributed by atoms with van der Waals surface area (Å²) < 4.78 is 10.5. The van der Waals surface area contributed by atoms with Gasteiger partial charge in [0.1, 0.15) is 5.75 Å². The number of rotatable bonds is 6. The van der Waals surface area contributed by atoms with E-state index in [0.717, 1.165) is 5.56 Å². The van der Waals surface area contributed by atoms with Crippen LogP contribution in [-0.2, 0) is 11.3 Å². The third kappa shape index (κ3) is 3.40. The zero-order valence-electron chi connectivity index (χ0n) is 15.7. The van der Waals surface area contributed by atoms with Crippen molar-refractivity contribution in [3.05, 3.63) is 101 Å². The normalized spacial score (nSPS) is 16.4. The van der Waals surface area contributed by atoms with Crippen LogP contribution in [0.2, 0.25) is 0 Å². The number of aliphatic hydroxyl groups is 1. The SMILES string of the molecule is COc1cccc(C2C(C(=O)c3ccco3)=C(O)C(=O)N2Cc2ccccc2)c1. The van der Waals surface area contributed by atoms with E-state index in [2.05, 4.69) is 0 Å². The topological polar surface area (TPSA) is 80.0 Å². The van der Waals surface area contributed by atoms with Crippen molar-refractivity contribution in [1.29, 1.82) is 0 Å². The van der Waals surface area contributed by atoms with Gasteiger partial charge >= 0.3 is 0 Å². The van der Waals surface area contributed by atoms with Crippen LogP contribution in [0.25, 0.3) is 0 Å². The number of hydrogen-bond donors (Lipinski definition) is 1.